The van der Waals surface area contributed by atoms with E-state index in [2.05, 4.69) is 33.7 Å². The molecule has 1 aromatic carbocycles. The molecule has 2 aromatic heterocycles. The number of aromatic nitrogens is 4. The highest BCUT2D eigenvalue weighted by Gasteiger charge is 2.23. The maximum Gasteiger partial charge on any atom is 0.184 e. The molecule has 0 unspecified atom stereocenters. The first-order valence-electron chi connectivity index (χ1n) is 8.92. The van der Waals surface area contributed by atoms with Crippen LogP contribution in [0.1, 0.15) is 12.6 Å². The average molecular weight is 370 g/mol. The van der Waals surface area contributed by atoms with Crippen molar-refractivity contribution in [2.45, 2.75) is 6.92 Å². The van der Waals surface area contributed by atoms with Gasteiger partial charge in [-0.25, -0.2) is 13.8 Å². The Morgan fingerprint density at radius 3 is 2.44 bits per heavy atom. The summed E-state index contributed by atoms with van der Waals surface area (Å²) in [5, 5.41) is 8.02. The number of hydrogen-bond acceptors (Lipinski definition) is 5. The Balaban J connectivity index is 1.71. The summed E-state index contributed by atoms with van der Waals surface area (Å²) in [7, 11) is 0. The van der Waals surface area contributed by atoms with Gasteiger partial charge in [-0.2, -0.15) is 4.68 Å². The van der Waals surface area contributed by atoms with E-state index in [1.54, 1.807) is 23.1 Å². The lowest BCUT2D eigenvalue weighted by atomic mass is 10.2. The zero-order valence-corrected chi connectivity index (χ0v) is 15.1. The summed E-state index contributed by atoms with van der Waals surface area (Å²) >= 11 is 0. The third-order valence-corrected chi connectivity index (χ3v) is 4.91. The first-order valence-corrected chi connectivity index (χ1v) is 8.92. The highest BCUT2D eigenvalue weighted by molar-refractivity contribution is 5.73. The van der Waals surface area contributed by atoms with Crippen LogP contribution in [0.3, 0.4) is 0 Å². The zero-order valence-electron chi connectivity index (χ0n) is 15.1. The van der Waals surface area contributed by atoms with Gasteiger partial charge in [0.25, 0.3) is 0 Å². The Morgan fingerprint density at radius 1 is 1.11 bits per heavy atom. The molecule has 1 aliphatic rings. The fourth-order valence-corrected chi connectivity index (χ4v) is 3.38. The molecule has 1 saturated heterocycles. The number of pyridine rings is 1. The van der Waals surface area contributed by atoms with Crippen molar-refractivity contribution in [3.05, 3.63) is 48.2 Å². The molecule has 0 radical (unpaired) electrons. The van der Waals surface area contributed by atoms with E-state index in [1.165, 1.54) is 16.8 Å². The third kappa shape index (κ3) is 3.16. The van der Waals surface area contributed by atoms with Crippen LogP contribution in [0, 0.1) is 11.6 Å². The molecule has 0 atom stereocenters. The summed E-state index contributed by atoms with van der Waals surface area (Å²) in [6.45, 7) is 9.48. The molecule has 0 amide bonds. The molecule has 0 saturated carbocycles. The van der Waals surface area contributed by atoms with Gasteiger partial charge in [0.2, 0.25) is 0 Å². The molecule has 27 heavy (non-hydrogen) atoms. The van der Waals surface area contributed by atoms with E-state index >= 15 is 0 Å². The predicted octanol–water partition coefficient (Wildman–Crippen LogP) is 2.88. The lowest BCUT2D eigenvalue weighted by molar-refractivity contribution is 0.269. The minimum atomic E-state index is -0.613. The van der Waals surface area contributed by atoms with Crippen molar-refractivity contribution in [1.82, 2.24) is 24.9 Å². The second kappa shape index (κ2) is 7.03. The molecule has 1 fully saturated rings. The van der Waals surface area contributed by atoms with Crippen LogP contribution < -0.4 is 4.90 Å². The van der Waals surface area contributed by atoms with E-state index in [-0.39, 0.29) is 11.4 Å². The molecule has 6 nitrogen and oxygen atoms in total. The Bertz CT molecular complexity index is 968. The number of nitrogens with zero attached hydrogens (tertiary/aromatic N) is 6. The third-order valence-electron chi connectivity index (χ3n) is 4.91. The number of likely N-dealkylation sites (N-methyl/N-ethyl adjacent to an activating group) is 1. The molecular formula is C19H20F2N6. The van der Waals surface area contributed by atoms with E-state index in [0.717, 1.165) is 19.6 Å². The zero-order chi connectivity index (χ0) is 19.0. The minimum Gasteiger partial charge on any atom is -0.364 e. The van der Waals surface area contributed by atoms with E-state index < -0.39 is 11.6 Å². The van der Waals surface area contributed by atoms with Gasteiger partial charge in [-0.15, -0.1) is 5.10 Å². The molecule has 1 aliphatic heterocycles. The van der Waals surface area contributed by atoms with Crippen molar-refractivity contribution >= 4 is 22.9 Å². The van der Waals surface area contributed by atoms with Crippen LogP contribution in [0.25, 0.3) is 22.9 Å². The number of rotatable bonds is 4. The van der Waals surface area contributed by atoms with E-state index in [1.807, 2.05) is 0 Å². The van der Waals surface area contributed by atoms with Crippen molar-refractivity contribution in [3.63, 3.8) is 0 Å². The summed E-state index contributed by atoms with van der Waals surface area (Å²) in [5.41, 5.74) is 1.87. The Hall–Kier alpha value is -2.87. The van der Waals surface area contributed by atoms with Gasteiger partial charge >= 0.3 is 0 Å². The van der Waals surface area contributed by atoms with Crippen molar-refractivity contribution in [2.24, 2.45) is 0 Å². The molecule has 0 spiro atoms. The molecule has 0 aliphatic carbocycles. The molecule has 140 valence electrons. The quantitative estimate of drug-likeness (QED) is 0.707. The maximum atomic E-state index is 14.8. The molecule has 8 heteroatoms. The standard InChI is InChI=1S/C19H20F2N6/c1-3-13-5-6-17-19(22-13)27(24-23-17)14-11-15(20)18(16(21)12-14)26-9-7-25(4-2)8-10-26/h3,5-6,11-12H,1,4,7-10H2,2H3. The first kappa shape index (κ1) is 17.5. The SMILES string of the molecule is C=Cc1ccc2nnn(-c3cc(F)c(N4CCN(CC)CC4)c(F)c3)c2n1. The number of anilines is 1. The lowest BCUT2D eigenvalue weighted by Crippen LogP contribution is -2.46. The fourth-order valence-electron chi connectivity index (χ4n) is 3.38. The predicted molar refractivity (Wildman–Crippen MR) is 101 cm³/mol. The van der Waals surface area contributed by atoms with E-state index in [0.29, 0.717) is 29.9 Å². The average Bonchev–Trinajstić information content (AvgIpc) is 3.11. The molecule has 3 heterocycles. The molecule has 3 aromatic rings. The topological polar surface area (TPSA) is 50.1 Å². The highest BCUT2D eigenvalue weighted by Crippen LogP contribution is 2.28. The van der Waals surface area contributed by atoms with Gasteiger partial charge in [-0.1, -0.05) is 18.7 Å². The van der Waals surface area contributed by atoms with Crippen LogP contribution in [0.15, 0.2) is 30.8 Å². The summed E-state index contributed by atoms with van der Waals surface area (Å²) in [6, 6.07) is 6.06. The van der Waals surface area contributed by atoms with Crippen molar-refractivity contribution < 1.29 is 8.78 Å². The van der Waals surface area contributed by atoms with Crippen molar-refractivity contribution in [2.75, 3.05) is 37.6 Å². The summed E-state index contributed by atoms with van der Waals surface area (Å²) in [4.78, 5) is 8.39. The largest absolute Gasteiger partial charge is 0.364 e. The number of fused-ring (bicyclic) bond motifs is 1. The van der Waals surface area contributed by atoms with Gasteiger partial charge < -0.3 is 9.80 Å². The monoisotopic (exact) mass is 370 g/mol. The Kier molecular flexibility index (Phi) is 4.57. The second-order valence-corrected chi connectivity index (χ2v) is 6.46. The van der Waals surface area contributed by atoms with Gasteiger partial charge in [-0.3, -0.25) is 0 Å². The smallest absolute Gasteiger partial charge is 0.184 e. The second-order valence-electron chi connectivity index (χ2n) is 6.46. The molecule has 0 bridgehead atoms. The number of piperazine rings is 1. The minimum absolute atomic E-state index is 0.0127. The maximum absolute atomic E-state index is 14.8. The van der Waals surface area contributed by atoms with Crippen LogP contribution in [-0.4, -0.2) is 57.6 Å². The lowest BCUT2D eigenvalue weighted by Gasteiger charge is -2.35. The van der Waals surface area contributed by atoms with Crippen molar-refractivity contribution in [1.29, 1.82) is 0 Å². The Morgan fingerprint density at radius 2 is 1.81 bits per heavy atom. The van der Waals surface area contributed by atoms with Crippen LogP contribution in [0.4, 0.5) is 14.5 Å². The van der Waals surface area contributed by atoms with Crippen LogP contribution >= 0.6 is 0 Å². The van der Waals surface area contributed by atoms with Gasteiger partial charge in [-0.05, 0) is 24.8 Å². The number of hydrogen-bond donors (Lipinski definition) is 0. The summed E-state index contributed by atoms with van der Waals surface area (Å²) in [6.07, 6.45) is 1.59. The molecule has 0 N–H and O–H groups in total. The van der Waals surface area contributed by atoms with Crippen LogP contribution in [0.2, 0.25) is 0 Å². The molecule has 4 rings (SSSR count). The number of benzene rings is 1. The first-order chi connectivity index (χ1) is 13.1. The normalized spacial score (nSPS) is 15.4. The van der Waals surface area contributed by atoms with Crippen LogP contribution in [0.5, 0.6) is 0 Å². The summed E-state index contributed by atoms with van der Waals surface area (Å²) < 4.78 is 31.0. The van der Waals surface area contributed by atoms with E-state index in [4.69, 9.17) is 0 Å². The van der Waals surface area contributed by atoms with Gasteiger partial charge in [0, 0.05) is 38.3 Å². The fraction of sp³-hybridized carbons (Fsp3) is 0.316. The summed E-state index contributed by atoms with van der Waals surface area (Å²) in [5.74, 6) is -1.23. The van der Waals surface area contributed by atoms with E-state index in [9.17, 15) is 8.78 Å². The molecular weight excluding hydrogens is 350 g/mol. The van der Waals surface area contributed by atoms with Crippen LogP contribution in [-0.2, 0) is 0 Å². The van der Waals surface area contributed by atoms with Crippen molar-refractivity contribution in [3.8, 4) is 5.69 Å². The van der Waals surface area contributed by atoms with Gasteiger partial charge in [0.15, 0.2) is 17.3 Å². The number of halogens is 2. The highest BCUT2D eigenvalue weighted by atomic mass is 19.1. The Labute approximate surface area is 155 Å². The van der Waals surface area contributed by atoms with Gasteiger partial charge in [0.05, 0.1) is 11.4 Å². The van der Waals surface area contributed by atoms with Gasteiger partial charge in [0.1, 0.15) is 11.2 Å².